The molecule has 0 amide bonds. The van der Waals surface area contributed by atoms with Crippen LogP contribution in [0.25, 0.3) is 6.08 Å². The number of rotatable bonds is 3. The maximum Gasteiger partial charge on any atom is 0.136 e. The van der Waals surface area contributed by atoms with Crippen LogP contribution in [0.15, 0.2) is 18.3 Å². The van der Waals surface area contributed by atoms with Gasteiger partial charge in [-0.3, -0.25) is 0 Å². The van der Waals surface area contributed by atoms with E-state index in [9.17, 15) is 0 Å². The Labute approximate surface area is 92.0 Å². The van der Waals surface area contributed by atoms with Crippen molar-refractivity contribution in [1.29, 1.82) is 0 Å². The summed E-state index contributed by atoms with van der Waals surface area (Å²) in [6, 6.07) is 1.96. The number of allylic oxidation sites excluding steroid dienone is 1. The minimum absolute atomic E-state index is 0.575. The number of halogens is 2. The Morgan fingerprint density at radius 2 is 2.38 bits per heavy atom. The first-order valence-electron chi connectivity index (χ1n) is 4.09. The fourth-order valence-electron chi connectivity index (χ4n) is 1.00. The number of aryl methyl sites for hydroxylation is 1. The Balaban J connectivity index is 2.87. The van der Waals surface area contributed by atoms with E-state index in [0.29, 0.717) is 5.15 Å². The van der Waals surface area contributed by atoms with E-state index in [-0.39, 0.29) is 0 Å². The average Bonchev–Trinajstić information content (AvgIpc) is 2.10. The second-order valence-corrected chi connectivity index (χ2v) is 3.86. The molecule has 1 nitrogen and oxygen atoms in total. The van der Waals surface area contributed by atoms with Gasteiger partial charge < -0.3 is 0 Å². The Bertz CT molecular complexity index is 290. The van der Waals surface area contributed by atoms with E-state index in [1.807, 2.05) is 19.1 Å². The summed E-state index contributed by atoms with van der Waals surface area (Å²) in [5, 5.41) is 1.55. The minimum atomic E-state index is 0.575. The van der Waals surface area contributed by atoms with Crippen LogP contribution in [-0.4, -0.2) is 10.3 Å². The lowest BCUT2D eigenvalue weighted by molar-refractivity contribution is 1.25. The van der Waals surface area contributed by atoms with Crippen LogP contribution in [0, 0.1) is 6.92 Å². The number of hydrogen-bond acceptors (Lipinski definition) is 1. The molecule has 0 aromatic carbocycles. The van der Waals surface area contributed by atoms with E-state index in [2.05, 4.69) is 27.0 Å². The molecule has 1 aromatic rings. The third-order valence-electron chi connectivity index (χ3n) is 1.72. The topological polar surface area (TPSA) is 12.9 Å². The van der Waals surface area contributed by atoms with Crippen molar-refractivity contribution in [2.75, 3.05) is 5.33 Å². The summed E-state index contributed by atoms with van der Waals surface area (Å²) in [5.41, 5.74) is 2.18. The first kappa shape index (κ1) is 10.7. The molecule has 0 saturated heterocycles. The highest BCUT2D eigenvalue weighted by molar-refractivity contribution is 9.09. The monoisotopic (exact) mass is 259 g/mol. The second-order valence-electron chi connectivity index (χ2n) is 2.71. The Hall–Kier alpha value is -0.340. The van der Waals surface area contributed by atoms with Crippen molar-refractivity contribution in [3.63, 3.8) is 0 Å². The maximum atomic E-state index is 5.93. The molecule has 0 aliphatic heterocycles. The lowest BCUT2D eigenvalue weighted by Gasteiger charge is -2.00. The molecule has 1 heterocycles. The quantitative estimate of drug-likeness (QED) is 0.594. The molecule has 0 bridgehead atoms. The van der Waals surface area contributed by atoms with E-state index >= 15 is 0 Å². The number of aromatic nitrogens is 1. The molecule has 70 valence electrons. The van der Waals surface area contributed by atoms with Gasteiger partial charge in [0.2, 0.25) is 0 Å². The Morgan fingerprint density at radius 1 is 1.62 bits per heavy atom. The number of alkyl halides is 1. The molecule has 0 saturated carbocycles. The van der Waals surface area contributed by atoms with Gasteiger partial charge in [0.25, 0.3) is 0 Å². The van der Waals surface area contributed by atoms with E-state index in [4.69, 9.17) is 11.6 Å². The smallest absolute Gasteiger partial charge is 0.136 e. The van der Waals surface area contributed by atoms with E-state index in [1.54, 1.807) is 6.20 Å². The molecule has 3 heteroatoms. The molecule has 0 radical (unpaired) electrons. The van der Waals surface area contributed by atoms with Crippen molar-refractivity contribution in [2.24, 2.45) is 0 Å². The van der Waals surface area contributed by atoms with Crippen LogP contribution in [0.1, 0.15) is 17.5 Å². The molecule has 13 heavy (non-hydrogen) atoms. The van der Waals surface area contributed by atoms with Crippen LogP contribution in [0.3, 0.4) is 0 Å². The van der Waals surface area contributed by atoms with Crippen molar-refractivity contribution in [2.45, 2.75) is 13.3 Å². The van der Waals surface area contributed by atoms with Crippen LogP contribution in [0.2, 0.25) is 5.15 Å². The standard InChI is InChI=1S/C10H11BrClN/c1-8-5-7-13-10(12)9(8)4-2-3-6-11/h2,4-5,7H,3,6H2,1H3. The SMILES string of the molecule is Cc1ccnc(Cl)c1C=CCCBr. The summed E-state index contributed by atoms with van der Waals surface area (Å²) >= 11 is 9.29. The van der Waals surface area contributed by atoms with Crippen molar-refractivity contribution < 1.29 is 0 Å². The van der Waals surface area contributed by atoms with E-state index in [0.717, 1.165) is 22.9 Å². The van der Waals surface area contributed by atoms with E-state index in [1.165, 1.54) is 0 Å². The van der Waals surface area contributed by atoms with Crippen molar-refractivity contribution in [3.05, 3.63) is 34.6 Å². The summed E-state index contributed by atoms with van der Waals surface area (Å²) in [5.74, 6) is 0. The molecule has 1 aromatic heterocycles. The zero-order chi connectivity index (χ0) is 9.68. The van der Waals surface area contributed by atoms with Gasteiger partial charge >= 0.3 is 0 Å². The maximum absolute atomic E-state index is 5.93. The molecule has 0 fully saturated rings. The number of hydrogen-bond donors (Lipinski definition) is 0. The van der Waals surface area contributed by atoms with Gasteiger partial charge in [0.15, 0.2) is 0 Å². The summed E-state index contributed by atoms with van der Waals surface area (Å²) in [6.07, 6.45) is 6.83. The molecule has 0 atom stereocenters. The van der Waals surface area contributed by atoms with Gasteiger partial charge in [-0.15, -0.1) is 0 Å². The lowest BCUT2D eigenvalue weighted by Crippen LogP contribution is -1.85. The van der Waals surface area contributed by atoms with Crippen molar-refractivity contribution >= 4 is 33.6 Å². The predicted octanol–water partition coefficient (Wildman–Crippen LogP) is 3.84. The zero-order valence-corrected chi connectivity index (χ0v) is 9.77. The van der Waals surface area contributed by atoms with Crippen LogP contribution in [0.4, 0.5) is 0 Å². The molecule has 0 N–H and O–H groups in total. The normalized spacial score (nSPS) is 11.0. The average molecular weight is 261 g/mol. The summed E-state index contributed by atoms with van der Waals surface area (Å²) in [6.45, 7) is 2.03. The molecule has 0 unspecified atom stereocenters. The number of pyridine rings is 1. The van der Waals surface area contributed by atoms with Crippen LogP contribution < -0.4 is 0 Å². The molecule has 0 spiro atoms. The zero-order valence-electron chi connectivity index (χ0n) is 7.43. The summed E-state index contributed by atoms with van der Waals surface area (Å²) in [7, 11) is 0. The third kappa shape index (κ3) is 3.12. The number of nitrogens with zero attached hydrogens (tertiary/aromatic N) is 1. The molecule has 1 rings (SSSR count). The lowest BCUT2D eigenvalue weighted by atomic mass is 10.1. The first-order chi connectivity index (χ1) is 6.25. The van der Waals surface area contributed by atoms with Gasteiger partial charge in [-0.25, -0.2) is 4.98 Å². The second kappa shape index (κ2) is 5.40. The van der Waals surface area contributed by atoms with Gasteiger partial charge in [-0.1, -0.05) is 39.7 Å². The summed E-state index contributed by atoms with van der Waals surface area (Å²) in [4.78, 5) is 4.02. The molecular weight excluding hydrogens is 249 g/mol. The van der Waals surface area contributed by atoms with Crippen LogP contribution in [-0.2, 0) is 0 Å². The van der Waals surface area contributed by atoms with E-state index < -0.39 is 0 Å². The molecule has 0 aliphatic carbocycles. The third-order valence-corrected chi connectivity index (χ3v) is 2.48. The molecule has 0 aliphatic rings. The fourth-order valence-corrected chi connectivity index (χ4v) is 1.53. The van der Waals surface area contributed by atoms with Gasteiger partial charge in [-0.05, 0) is 25.0 Å². The fraction of sp³-hybridized carbons (Fsp3) is 0.300. The highest BCUT2D eigenvalue weighted by Crippen LogP contribution is 2.18. The largest absolute Gasteiger partial charge is 0.244 e. The van der Waals surface area contributed by atoms with Crippen molar-refractivity contribution in [3.8, 4) is 0 Å². The van der Waals surface area contributed by atoms with Gasteiger partial charge in [0.1, 0.15) is 5.15 Å². The van der Waals surface area contributed by atoms with Crippen molar-refractivity contribution in [1.82, 2.24) is 4.98 Å². The van der Waals surface area contributed by atoms with Gasteiger partial charge in [0.05, 0.1) is 0 Å². The van der Waals surface area contributed by atoms with Crippen LogP contribution >= 0.6 is 27.5 Å². The van der Waals surface area contributed by atoms with Gasteiger partial charge in [0, 0.05) is 17.1 Å². The summed E-state index contributed by atoms with van der Waals surface area (Å²) < 4.78 is 0. The first-order valence-corrected chi connectivity index (χ1v) is 5.59. The highest BCUT2D eigenvalue weighted by Gasteiger charge is 1.99. The Kier molecular flexibility index (Phi) is 4.46. The van der Waals surface area contributed by atoms with Crippen LogP contribution in [0.5, 0.6) is 0 Å². The highest BCUT2D eigenvalue weighted by atomic mass is 79.9. The van der Waals surface area contributed by atoms with Gasteiger partial charge in [-0.2, -0.15) is 0 Å². The minimum Gasteiger partial charge on any atom is -0.244 e. The predicted molar refractivity (Wildman–Crippen MR) is 61.4 cm³/mol. The molecular formula is C10H11BrClN. The Morgan fingerprint density at radius 3 is 3.00 bits per heavy atom.